The third-order valence-electron chi connectivity index (χ3n) is 3.82. The number of nitrogens with one attached hydrogen (secondary N) is 1. The van der Waals surface area contributed by atoms with Crippen LogP contribution in [0.3, 0.4) is 0 Å². The van der Waals surface area contributed by atoms with Crippen molar-refractivity contribution in [3.63, 3.8) is 0 Å². The van der Waals surface area contributed by atoms with Crippen molar-refractivity contribution in [3.05, 3.63) is 35.1 Å². The lowest BCUT2D eigenvalue weighted by Gasteiger charge is -2.26. The molecule has 3 nitrogen and oxygen atoms in total. The molecule has 19 heavy (non-hydrogen) atoms. The van der Waals surface area contributed by atoms with E-state index in [1.165, 1.54) is 12.1 Å². The van der Waals surface area contributed by atoms with Gasteiger partial charge in [0.1, 0.15) is 5.82 Å². The maximum atomic E-state index is 13.2. The molecule has 1 fully saturated rings. The fourth-order valence-electron chi connectivity index (χ4n) is 2.69. The van der Waals surface area contributed by atoms with Gasteiger partial charge in [-0.15, -0.1) is 0 Å². The van der Waals surface area contributed by atoms with Crippen molar-refractivity contribution in [2.24, 2.45) is 11.7 Å². The van der Waals surface area contributed by atoms with E-state index in [4.69, 9.17) is 5.73 Å². The largest absolute Gasteiger partial charge is 0.352 e. The molecule has 0 bridgehead atoms. The predicted molar refractivity (Wildman–Crippen MR) is 73.4 cm³/mol. The quantitative estimate of drug-likeness (QED) is 0.880. The Labute approximate surface area is 113 Å². The normalized spacial score (nSPS) is 23.1. The number of carbonyl (C=O) groups excluding carboxylic acids is 1. The minimum absolute atomic E-state index is 0.198. The molecule has 3 N–H and O–H groups in total. The lowest BCUT2D eigenvalue weighted by Crippen LogP contribution is -2.35. The van der Waals surface area contributed by atoms with Gasteiger partial charge in [-0.05, 0) is 49.8 Å². The van der Waals surface area contributed by atoms with Crippen molar-refractivity contribution in [3.8, 4) is 0 Å². The minimum Gasteiger partial charge on any atom is -0.352 e. The van der Waals surface area contributed by atoms with E-state index in [2.05, 4.69) is 5.32 Å². The van der Waals surface area contributed by atoms with Crippen LogP contribution in [0.5, 0.6) is 0 Å². The van der Waals surface area contributed by atoms with Crippen LogP contribution in [-0.4, -0.2) is 18.5 Å². The monoisotopic (exact) mass is 264 g/mol. The van der Waals surface area contributed by atoms with E-state index in [0.717, 1.165) is 31.2 Å². The summed E-state index contributed by atoms with van der Waals surface area (Å²) in [4.78, 5) is 12.0. The van der Waals surface area contributed by atoms with E-state index in [-0.39, 0.29) is 17.8 Å². The number of rotatable bonds is 3. The molecule has 1 amide bonds. The third kappa shape index (κ3) is 3.77. The Kier molecular flexibility index (Phi) is 4.53. The van der Waals surface area contributed by atoms with Gasteiger partial charge in [0, 0.05) is 18.2 Å². The summed E-state index contributed by atoms with van der Waals surface area (Å²) >= 11 is 0. The van der Waals surface area contributed by atoms with Crippen molar-refractivity contribution in [1.82, 2.24) is 5.32 Å². The Balaban J connectivity index is 1.92. The number of carbonyl (C=O) groups is 1. The summed E-state index contributed by atoms with van der Waals surface area (Å²) in [5.74, 6) is -0.131. The Morgan fingerprint density at radius 1 is 1.47 bits per heavy atom. The van der Waals surface area contributed by atoms with Crippen LogP contribution in [0.15, 0.2) is 18.2 Å². The second-order valence-electron chi connectivity index (χ2n) is 5.46. The van der Waals surface area contributed by atoms with Gasteiger partial charge in [-0.2, -0.15) is 0 Å². The summed E-state index contributed by atoms with van der Waals surface area (Å²) in [6, 6.07) is 4.54. The van der Waals surface area contributed by atoms with E-state index in [9.17, 15) is 9.18 Å². The topological polar surface area (TPSA) is 55.1 Å². The molecule has 0 aromatic heterocycles. The van der Waals surface area contributed by atoms with Gasteiger partial charge in [0.2, 0.25) is 0 Å². The molecule has 1 aromatic carbocycles. The summed E-state index contributed by atoms with van der Waals surface area (Å²) in [7, 11) is 0. The molecule has 0 heterocycles. The summed E-state index contributed by atoms with van der Waals surface area (Å²) in [5, 5.41) is 2.90. The number of hydrogen-bond acceptors (Lipinski definition) is 2. The van der Waals surface area contributed by atoms with Crippen LogP contribution in [0.1, 0.15) is 41.6 Å². The maximum Gasteiger partial charge on any atom is 0.251 e. The fourth-order valence-corrected chi connectivity index (χ4v) is 2.69. The van der Waals surface area contributed by atoms with Crippen molar-refractivity contribution < 1.29 is 9.18 Å². The standard InChI is InChI=1S/C15H21FN2O/c1-10-5-6-12(16)8-14(10)15(19)18-9-11-3-2-4-13(17)7-11/h5-6,8,11,13H,2-4,7,9,17H2,1H3,(H,18,19). The van der Waals surface area contributed by atoms with E-state index in [1.807, 2.05) is 6.92 Å². The molecule has 0 spiro atoms. The van der Waals surface area contributed by atoms with Crippen LogP contribution >= 0.6 is 0 Å². The highest BCUT2D eigenvalue weighted by Crippen LogP contribution is 2.22. The van der Waals surface area contributed by atoms with Gasteiger partial charge in [0.05, 0.1) is 0 Å². The molecule has 2 unspecified atom stereocenters. The first-order valence-corrected chi connectivity index (χ1v) is 6.86. The highest BCUT2D eigenvalue weighted by molar-refractivity contribution is 5.95. The molecular weight excluding hydrogens is 243 g/mol. The van der Waals surface area contributed by atoms with Gasteiger partial charge < -0.3 is 11.1 Å². The van der Waals surface area contributed by atoms with Crippen molar-refractivity contribution >= 4 is 5.91 Å². The molecule has 0 aliphatic heterocycles. The second kappa shape index (κ2) is 6.15. The highest BCUT2D eigenvalue weighted by Gasteiger charge is 2.20. The Morgan fingerprint density at radius 3 is 3.00 bits per heavy atom. The number of benzene rings is 1. The van der Waals surface area contributed by atoms with Crippen LogP contribution < -0.4 is 11.1 Å². The molecule has 104 valence electrons. The molecule has 1 saturated carbocycles. The summed E-state index contributed by atoms with van der Waals surface area (Å²) in [5.41, 5.74) is 7.13. The molecule has 2 atom stereocenters. The summed E-state index contributed by atoms with van der Waals surface area (Å²) in [6.45, 7) is 2.44. The molecule has 1 aliphatic rings. The number of hydrogen-bond donors (Lipinski definition) is 2. The van der Waals surface area contributed by atoms with Crippen LogP contribution in [0.2, 0.25) is 0 Å². The second-order valence-corrected chi connectivity index (χ2v) is 5.46. The van der Waals surface area contributed by atoms with Crippen molar-refractivity contribution in [2.75, 3.05) is 6.54 Å². The molecule has 0 saturated heterocycles. The predicted octanol–water partition coefficient (Wildman–Crippen LogP) is 2.38. The Bertz CT molecular complexity index is 461. The SMILES string of the molecule is Cc1ccc(F)cc1C(=O)NCC1CCCC(N)C1. The van der Waals surface area contributed by atoms with Crippen LogP contribution in [0, 0.1) is 18.7 Å². The van der Waals surface area contributed by atoms with Gasteiger partial charge in [-0.3, -0.25) is 4.79 Å². The lowest BCUT2D eigenvalue weighted by molar-refractivity contribution is 0.0941. The molecule has 1 aliphatic carbocycles. The van der Waals surface area contributed by atoms with E-state index in [1.54, 1.807) is 6.07 Å². The third-order valence-corrected chi connectivity index (χ3v) is 3.82. The number of halogens is 1. The maximum absolute atomic E-state index is 13.2. The molecule has 4 heteroatoms. The summed E-state index contributed by atoms with van der Waals surface area (Å²) in [6.07, 6.45) is 4.27. The minimum atomic E-state index is -0.379. The first-order valence-electron chi connectivity index (χ1n) is 6.86. The van der Waals surface area contributed by atoms with E-state index >= 15 is 0 Å². The number of nitrogens with two attached hydrogens (primary N) is 1. The van der Waals surface area contributed by atoms with Gasteiger partial charge in [0.15, 0.2) is 0 Å². The van der Waals surface area contributed by atoms with Crippen LogP contribution in [0.25, 0.3) is 0 Å². The number of amides is 1. The molecule has 2 rings (SSSR count). The smallest absolute Gasteiger partial charge is 0.251 e. The van der Waals surface area contributed by atoms with Gasteiger partial charge >= 0.3 is 0 Å². The molecular formula is C15H21FN2O. The van der Waals surface area contributed by atoms with Gasteiger partial charge in [0.25, 0.3) is 5.91 Å². The zero-order chi connectivity index (χ0) is 13.8. The van der Waals surface area contributed by atoms with Crippen molar-refractivity contribution in [1.29, 1.82) is 0 Å². The van der Waals surface area contributed by atoms with Crippen molar-refractivity contribution in [2.45, 2.75) is 38.6 Å². The first kappa shape index (κ1) is 14.0. The highest BCUT2D eigenvalue weighted by atomic mass is 19.1. The van der Waals surface area contributed by atoms with Gasteiger partial charge in [-0.1, -0.05) is 12.5 Å². The first-order chi connectivity index (χ1) is 9.06. The fraction of sp³-hybridized carbons (Fsp3) is 0.533. The lowest BCUT2D eigenvalue weighted by atomic mass is 9.86. The van der Waals surface area contributed by atoms with E-state index < -0.39 is 0 Å². The molecule has 1 aromatic rings. The number of aryl methyl sites for hydroxylation is 1. The molecule has 0 radical (unpaired) electrons. The van der Waals surface area contributed by atoms with Crippen LogP contribution in [0.4, 0.5) is 4.39 Å². The average Bonchev–Trinajstić information content (AvgIpc) is 2.39. The zero-order valence-corrected chi connectivity index (χ0v) is 11.3. The average molecular weight is 264 g/mol. The Hall–Kier alpha value is -1.42. The van der Waals surface area contributed by atoms with Crippen LogP contribution in [-0.2, 0) is 0 Å². The van der Waals surface area contributed by atoms with E-state index in [0.29, 0.717) is 18.0 Å². The van der Waals surface area contributed by atoms with Gasteiger partial charge in [-0.25, -0.2) is 4.39 Å². The zero-order valence-electron chi connectivity index (χ0n) is 11.3. The summed E-state index contributed by atoms with van der Waals surface area (Å²) < 4.78 is 13.2. The Morgan fingerprint density at radius 2 is 2.26 bits per heavy atom.